The van der Waals surface area contributed by atoms with Gasteiger partial charge < -0.3 is 24.6 Å². The molecular formula is C31H29N3O4S2. The molecule has 1 amide bonds. The fourth-order valence-corrected chi connectivity index (χ4v) is 7.71. The number of aromatic hydroxyl groups is 1. The number of rotatable bonds is 4. The van der Waals surface area contributed by atoms with Gasteiger partial charge in [0.05, 0.1) is 27.7 Å². The zero-order chi connectivity index (χ0) is 28.1. The van der Waals surface area contributed by atoms with E-state index in [1.54, 1.807) is 23.0 Å². The van der Waals surface area contributed by atoms with Crippen LogP contribution in [-0.4, -0.2) is 27.3 Å². The van der Waals surface area contributed by atoms with Gasteiger partial charge in [-0.25, -0.2) is 4.99 Å². The van der Waals surface area contributed by atoms with Crippen molar-refractivity contribution in [2.24, 2.45) is 17.8 Å². The minimum atomic E-state index is -0.418. The van der Waals surface area contributed by atoms with E-state index < -0.39 is 12.0 Å². The van der Waals surface area contributed by atoms with Crippen LogP contribution < -0.4 is 5.73 Å². The summed E-state index contributed by atoms with van der Waals surface area (Å²) < 4.78 is 16.4. The number of carbonyl (C=O) groups excluding carboxylic acids is 1. The maximum Gasteiger partial charge on any atom is 0.280 e. The number of thiophene rings is 2. The number of aliphatic imine (C=N–C) groups is 1. The molecule has 5 aromatic rings. The van der Waals surface area contributed by atoms with Crippen LogP contribution in [0.25, 0.3) is 30.8 Å². The quantitative estimate of drug-likeness (QED) is 0.234. The number of ether oxygens (including phenoxy) is 1. The van der Waals surface area contributed by atoms with Crippen molar-refractivity contribution < 1.29 is 19.1 Å². The predicted molar refractivity (Wildman–Crippen MR) is 161 cm³/mol. The van der Waals surface area contributed by atoms with Gasteiger partial charge in [0.15, 0.2) is 5.76 Å². The Morgan fingerprint density at radius 2 is 1.77 bits per heavy atom. The van der Waals surface area contributed by atoms with Crippen LogP contribution in [0.2, 0.25) is 0 Å². The maximum absolute atomic E-state index is 13.1. The number of benzene rings is 1. The minimum absolute atomic E-state index is 0.0399. The van der Waals surface area contributed by atoms with Crippen LogP contribution in [0.3, 0.4) is 0 Å². The average molecular weight is 572 g/mol. The van der Waals surface area contributed by atoms with Gasteiger partial charge in [0, 0.05) is 27.7 Å². The fraction of sp³-hybridized carbons (Fsp3) is 0.290. The standard InChI is InChI=1S/C31H29N3O4S2/c1-14(32)17-6-9-20(37-17)28-26-25(30(36)34(28)5)27(33-29(26)35)19-8-7-18(38-19)23-12-15-10-22-16(11-21(15)39-23)13-24(40-22)31(2,3)4/h6-8,10-14,20,36H,9,32H2,1-5H3. The van der Waals surface area contributed by atoms with Crippen molar-refractivity contribution in [1.82, 2.24) is 4.57 Å². The Kier molecular flexibility index (Phi) is 5.49. The number of aromatic nitrogens is 1. The lowest BCUT2D eigenvalue weighted by atomic mass is 9.94. The van der Waals surface area contributed by atoms with Crippen molar-refractivity contribution in [2.75, 3.05) is 0 Å². The lowest BCUT2D eigenvalue weighted by Gasteiger charge is -2.17. The molecule has 2 atom stereocenters. The number of hydrogen-bond acceptors (Lipinski definition) is 7. The summed E-state index contributed by atoms with van der Waals surface area (Å²) in [5, 5.41) is 13.5. The van der Waals surface area contributed by atoms with Crippen molar-refractivity contribution in [3.05, 3.63) is 75.7 Å². The SMILES string of the molecule is CC(N)C1=CCC(c2c3c(c(O)n2C)C(c2ccc(-c4cc5cc6sc(C(C)(C)C)cc6cc5s4)o2)=NC3=O)O1. The first-order valence-electron chi connectivity index (χ1n) is 13.2. The van der Waals surface area contributed by atoms with Gasteiger partial charge in [-0.2, -0.15) is 0 Å². The first kappa shape index (κ1) is 25.3. The van der Waals surface area contributed by atoms with E-state index >= 15 is 0 Å². The molecule has 0 fully saturated rings. The summed E-state index contributed by atoms with van der Waals surface area (Å²) in [5.41, 5.74) is 7.77. The molecule has 4 aromatic heterocycles. The number of hydrogen-bond donors (Lipinski definition) is 2. The highest BCUT2D eigenvalue weighted by atomic mass is 32.1. The summed E-state index contributed by atoms with van der Waals surface area (Å²) in [6, 6.07) is 12.4. The van der Waals surface area contributed by atoms with E-state index in [0.29, 0.717) is 46.2 Å². The first-order valence-corrected chi connectivity index (χ1v) is 14.9. The fourth-order valence-electron chi connectivity index (χ4n) is 5.50. The highest BCUT2D eigenvalue weighted by Gasteiger charge is 2.40. The number of fused-ring (bicyclic) bond motifs is 3. The monoisotopic (exact) mass is 571 g/mol. The Morgan fingerprint density at radius 1 is 1.07 bits per heavy atom. The Hall–Kier alpha value is -3.66. The number of amides is 1. The zero-order valence-electron chi connectivity index (χ0n) is 22.9. The summed E-state index contributed by atoms with van der Waals surface area (Å²) in [6.07, 6.45) is 2.08. The van der Waals surface area contributed by atoms with E-state index in [-0.39, 0.29) is 17.3 Å². The zero-order valence-corrected chi connectivity index (χ0v) is 24.5. The highest BCUT2D eigenvalue weighted by Crippen LogP contribution is 2.44. The summed E-state index contributed by atoms with van der Waals surface area (Å²) in [5.74, 6) is 1.35. The molecule has 0 saturated heterocycles. The second kappa shape index (κ2) is 8.67. The minimum Gasteiger partial charge on any atom is -0.494 e. The Morgan fingerprint density at radius 3 is 2.48 bits per heavy atom. The average Bonchev–Trinajstić information content (AvgIpc) is 3.71. The van der Waals surface area contributed by atoms with E-state index in [1.165, 1.54) is 25.0 Å². The number of nitrogens with two attached hydrogens (primary N) is 1. The molecule has 0 spiro atoms. The lowest BCUT2D eigenvalue weighted by Crippen LogP contribution is -2.19. The molecule has 1 aromatic carbocycles. The predicted octanol–water partition coefficient (Wildman–Crippen LogP) is 7.40. The molecule has 0 radical (unpaired) electrons. The summed E-state index contributed by atoms with van der Waals surface area (Å²) >= 11 is 3.51. The van der Waals surface area contributed by atoms with E-state index in [1.807, 2.05) is 36.5 Å². The Labute approximate surface area is 239 Å². The van der Waals surface area contributed by atoms with Crippen LogP contribution >= 0.6 is 22.7 Å². The van der Waals surface area contributed by atoms with Crippen molar-refractivity contribution in [2.45, 2.75) is 51.7 Å². The largest absolute Gasteiger partial charge is 0.494 e. The van der Waals surface area contributed by atoms with Crippen LogP contribution in [0.4, 0.5) is 0 Å². The third kappa shape index (κ3) is 3.79. The molecule has 0 bridgehead atoms. The lowest BCUT2D eigenvalue weighted by molar-refractivity contribution is 0.0988. The van der Waals surface area contributed by atoms with E-state index in [0.717, 1.165) is 4.88 Å². The van der Waals surface area contributed by atoms with Crippen molar-refractivity contribution in [1.29, 1.82) is 0 Å². The van der Waals surface area contributed by atoms with Crippen LogP contribution in [0.1, 0.15) is 72.5 Å². The van der Waals surface area contributed by atoms with Crippen LogP contribution in [0, 0.1) is 0 Å². The van der Waals surface area contributed by atoms with Crippen LogP contribution in [0.15, 0.2) is 57.6 Å². The second-order valence-corrected chi connectivity index (χ2v) is 13.8. The smallest absolute Gasteiger partial charge is 0.280 e. The topological polar surface area (TPSA) is 103 Å². The molecule has 40 heavy (non-hydrogen) atoms. The summed E-state index contributed by atoms with van der Waals surface area (Å²) in [7, 11) is 1.72. The molecule has 204 valence electrons. The normalized spacial score (nSPS) is 17.9. The molecule has 7 rings (SSSR count). The molecule has 2 aliphatic rings. The van der Waals surface area contributed by atoms with Gasteiger partial charge in [0.2, 0.25) is 5.88 Å². The number of furan rings is 1. The van der Waals surface area contributed by atoms with Gasteiger partial charge in [-0.15, -0.1) is 22.7 Å². The molecule has 7 nitrogen and oxygen atoms in total. The first-order chi connectivity index (χ1) is 19.0. The molecule has 2 aliphatic heterocycles. The van der Waals surface area contributed by atoms with E-state index in [2.05, 4.69) is 50.0 Å². The van der Waals surface area contributed by atoms with Crippen molar-refractivity contribution >= 4 is 54.5 Å². The molecule has 6 heterocycles. The Bertz CT molecular complexity index is 1870. The van der Waals surface area contributed by atoms with Gasteiger partial charge in [0.25, 0.3) is 5.91 Å². The molecule has 0 aliphatic carbocycles. The van der Waals surface area contributed by atoms with Gasteiger partial charge >= 0.3 is 0 Å². The summed E-state index contributed by atoms with van der Waals surface area (Å²) in [6.45, 7) is 8.58. The molecule has 0 saturated carbocycles. The molecule has 9 heteroatoms. The summed E-state index contributed by atoms with van der Waals surface area (Å²) in [4.78, 5) is 19.8. The van der Waals surface area contributed by atoms with Gasteiger partial charge in [-0.05, 0) is 65.6 Å². The number of carbonyl (C=O) groups is 1. The molecule has 3 N–H and O–H groups in total. The highest BCUT2D eigenvalue weighted by molar-refractivity contribution is 7.22. The van der Waals surface area contributed by atoms with Crippen LogP contribution in [-0.2, 0) is 17.2 Å². The molecule has 2 unspecified atom stereocenters. The maximum atomic E-state index is 13.1. The molecular weight excluding hydrogens is 542 g/mol. The second-order valence-electron chi connectivity index (χ2n) is 11.6. The number of nitrogens with zero attached hydrogens (tertiary/aromatic N) is 2. The van der Waals surface area contributed by atoms with Gasteiger partial charge in [-0.3, -0.25) is 4.79 Å². The van der Waals surface area contributed by atoms with E-state index in [4.69, 9.17) is 14.9 Å². The third-order valence-electron chi connectivity index (χ3n) is 7.61. The van der Waals surface area contributed by atoms with Crippen molar-refractivity contribution in [3.8, 4) is 16.5 Å². The Balaban J connectivity index is 1.22. The van der Waals surface area contributed by atoms with Gasteiger partial charge in [-0.1, -0.05) is 20.8 Å². The van der Waals surface area contributed by atoms with Crippen LogP contribution in [0.5, 0.6) is 5.88 Å². The van der Waals surface area contributed by atoms with Crippen molar-refractivity contribution in [3.63, 3.8) is 0 Å². The van der Waals surface area contributed by atoms with E-state index in [9.17, 15) is 9.90 Å². The van der Waals surface area contributed by atoms with Gasteiger partial charge in [0.1, 0.15) is 23.3 Å². The third-order valence-corrected chi connectivity index (χ3v) is 10.3.